The van der Waals surface area contributed by atoms with Crippen LogP contribution >= 0.6 is 11.6 Å². The maximum absolute atomic E-state index is 11.7. The number of aromatic amines is 1. The number of H-pyrrole nitrogens is 1. The third-order valence-electron chi connectivity index (χ3n) is 2.56. The van der Waals surface area contributed by atoms with Crippen molar-refractivity contribution < 1.29 is 14.3 Å². The first-order chi connectivity index (χ1) is 10.6. The fraction of sp³-hybridized carbons (Fsp3) is 0.0714. The van der Waals surface area contributed by atoms with E-state index in [0.29, 0.717) is 10.8 Å². The van der Waals surface area contributed by atoms with Gasteiger partial charge in [0.1, 0.15) is 5.75 Å². The zero-order valence-corrected chi connectivity index (χ0v) is 12.0. The van der Waals surface area contributed by atoms with E-state index in [1.807, 2.05) is 0 Å². The van der Waals surface area contributed by atoms with Gasteiger partial charge in [0.2, 0.25) is 5.56 Å². The van der Waals surface area contributed by atoms with Gasteiger partial charge in [-0.2, -0.15) is 0 Å². The molecule has 1 aromatic heterocycles. The van der Waals surface area contributed by atoms with Crippen molar-refractivity contribution in [3.05, 3.63) is 63.5 Å². The lowest BCUT2D eigenvalue weighted by Gasteiger charge is -2.09. The molecule has 3 N–H and O–H groups in total. The molecule has 0 aliphatic carbocycles. The lowest BCUT2D eigenvalue weighted by atomic mass is 10.3. The van der Waals surface area contributed by atoms with E-state index in [1.165, 1.54) is 18.3 Å². The Kier molecular flexibility index (Phi) is 5.16. The second kappa shape index (κ2) is 7.28. The number of carbonyl (C=O) groups excluding carboxylic acids is 2. The number of ether oxygens (including phenoxy) is 1. The average molecular weight is 322 g/mol. The maximum Gasteiger partial charge on any atom is 0.276 e. The molecule has 0 aliphatic rings. The molecule has 0 unspecified atom stereocenters. The zero-order chi connectivity index (χ0) is 15.9. The van der Waals surface area contributed by atoms with Crippen molar-refractivity contribution in [2.45, 2.75) is 0 Å². The van der Waals surface area contributed by atoms with E-state index in [4.69, 9.17) is 16.3 Å². The molecule has 0 atom stereocenters. The Balaban J connectivity index is 1.80. The van der Waals surface area contributed by atoms with Gasteiger partial charge in [0.15, 0.2) is 6.61 Å². The number of rotatable bonds is 4. The minimum absolute atomic E-state index is 0.201. The summed E-state index contributed by atoms with van der Waals surface area (Å²) < 4.78 is 5.21. The highest BCUT2D eigenvalue weighted by molar-refractivity contribution is 6.32. The fourth-order valence-corrected chi connectivity index (χ4v) is 1.68. The van der Waals surface area contributed by atoms with Gasteiger partial charge in [0.25, 0.3) is 11.8 Å². The van der Waals surface area contributed by atoms with Crippen LogP contribution in [0.4, 0.5) is 0 Å². The van der Waals surface area contributed by atoms with Crippen LogP contribution in [-0.2, 0) is 4.79 Å². The van der Waals surface area contributed by atoms with Crippen molar-refractivity contribution in [1.82, 2.24) is 15.8 Å². The van der Waals surface area contributed by atoms with Crippen LogP contribution in [-0.4, -0.2) is 23.4 Å². The Labute approximate surface area is 130 Å². The molecule has 0 bridgehead atoms. The van der Waals surface area contributed by atoms with Crippen LogP contribution in [0.3, 0.4) is 0 Å². The van der Waals surface area contributed by atoms with Crippen molar-refractivity contribution in [1.29, 1.82) is 0 Å². The maximum atomic E-state index is 11.7. The predicted molar refractivity (Wildman–Crippen MR) is 79.6 cm³/mol. The zero-order valence-electron chi connectivity index (χ0n) is 11.3. The Morgan fingerprint density at radius 2 is 1.91 bits per heavy atom. The first-order valence-corrected chi connectivity index (χ1v) is 6.59. The molecule has 0 spiro atoms. The summed E-state index contributed by atoms with van der Waals surface area (Å²) in [6.45, 7) is -0.310. The largest absolute Gasteiger partial charge is 0.482 e. The second-order valence-corrected chi connectivity index (χ2v) is 4.57. The summed E-state index contributed by atoms with van der Waals surface area (Å²) in [5.41, 5.74) is 4.26. The summed E-state index contributed by atoms with van der Waals surface area (Å²) in [6, 6.07) is 9.25. The molecule has 114 valence electrons. The molecule has 22 heavy (non-hydrogen) atoms. The summed E-state index contributed by atoms with van der Waals surface area (Å²) in [6.07, 6.45) is 1.24. The second-order valence-electron chi connectivity index (χ2n) is 4.16. The fourth-order valence-electron chi connectivity index (χ4n) is 1.49. The van der Waals surface area contributed by atoms with Crippen LogP contribution in [0.1, 0.15) is 10.4 Å². The normalized spacial score (nSPS) is 9.86. The SMILES string of the molecule is O=C(COc1ccccc1Cl)NNC(=O)c1ccc(=O)[nH]c1. The van der Waals surface area contributed by atoms with Gasteiger partial charge in [-0.1, -0.05) is 23.7 Å². The van der Waals surface area contributed by atoms with Crippen molar-refractivity contribution in [2.24, 2.45) is 0 Å². The van der Waals surface area contributed by atoms with E-state index in [9.17, 15) is 14.4 Å². The van der Waals surface area contributed by atoms with E-state index < -0.39 is 11.8 Å². The van der Waals surface area contributed by atoms with E-state index in [0.717, 1.165) is 0 Å². The van der Waals surface area contributed by atoms with Crippen LogP contribution < -0.4 is 21.1 Å². The number of pyridine rings is 1. The molecule has 2 aromatic rings. The van der Waals surface area contributed by atoms with Crippen molar-refractivity contribution in [2.75, 3.05) is 6.61 Å². The van der Waals surface area contributed by atoms with E-state index in [2.05, 4.69) is 15.8 Å². The number of benzene rings is 1. The van der Waals surface area contributed by atoms with Crippen molar-refractivity contribution in [3.63, 3.8) is 0 Å². The van der Waals surface area contributed by atoms with Crippen LogP contribution in [0.5, 0.6) is 5.75 Å². The van der Waals surface area contributed by atoms with Gasteiger partial charge in [0, 0.05) is 12.3 Å². The Morgan fingerprint density at radius 1 is 1.14 bits per heavy atom. The summed E-state index contributed by atoms with van der Waals surface area (Å²) in [4.78, 5) is 36.5. The quantitative estimate of drug-likeness (QED) is 0.727. The number of para-hydroxylation sites is 1. The Morgan fingerprint density at radius 3 is 2.59 bits per heavy atom. The van der Waals surface area contributed by atoms with E-state index >= 15 is 0 Å². The van der Waals surface area contributed by atoms with Gasteiger partial charge in [-0.05, 0) is 18.2 Å². The molecular weight excluding hydrogens is 310 g/mol. The number of halogens is 1. The summed E-state index contributed by atoms with van der Waals surface area (Å²) in [5, 5.41) is 0.382. The minimum atomic E-state index is -0.567. The predicted octanol–water partition coefficient (Wildman–Crippen LogP) is 0.868. The number of amides is 2. The molecule has 7 nitrogen and oxygen atoms in total. The first-order valence-electron chi connectivity index (χ1n) is 6.21. The van der Waals surface area contributed by atoms with Crippen LogP contribution in [0.25, 0.3) is 0 Å². The molecule has 0 aliphatic heterocycles. The highest BCUT2D eigenvalue weighted by Crippen LogP contribution is 2.22. The number of carbonyl (C=O) groups is 2. The minimum Gasteiger partial charge on any atom is -0.482 e. The number of hydrazine groups is 1. The summed E-state index contributed by atoms with van der Waals surface area (Å²) in [5.74, 6) is -0.758. The molecule has 1 aromatic carbocycles. The number of hydrogen-bond donors (Lipinski definition) is 3. The van der Waals surface area contributed by atoms with Crippen LogP contribution in [0.2, 0.25) is 5.02 Å². The lowest BCUT2D eigenvalue weighted by Crippen LogP contribution is -2.43. The van der Waals surface area contributed by atoms with E-state index in [1.54, 1.807) is 24.3 Å². The van der Waals surface area contributed by atoms with Crippen molar-refractivity contribution >= 4 is 23.4 Å². The highest BCUT2D eigenvalue weighted by atomic mass is 35.5. The molecule has 0 fully saturated rings. The highest BCUT2D eigenvalue weighted by Gasteiger charge is 2.08. The Hall–Kier alpha value is -2.80. The summed E-state index contributed by atoms with van der Waals surface area (Å²) in [7, 11) is 0. The van der Waals surface area contributed by atoms with E-state index in [-0.39, 0.29) is 17.7 Å². The van der Waals surface area contributed by atoms with Gasteiger partial charge in [0.05, 0.1) is 10.6 Å². The van der Waals surface area contributed by atoms with Gasteiger partial charge in [-0.25, -0.2) is 0 Å². The number of nitrogens with one attached hydrogen (secondary N) is 3. The van der Waals surface area contributed by atoms with Gasteiger partial charge in [-0.15, -0.1) is 0 Å². The molecular formula is C14H12ClN3O4. The molecule has 0 saturated heterocycles. The third-order valence-corrected chi connectivity index (χ3v) is 2.87. The van der Waals surface area contributed by atoms with Crippen LogP contribution in [0.15, 0.2) is 47.4 Å². The third kappa shape index (κ3) is 4.35. The smallest absolute Gasteiger partial charge is 0.276 e. The molecule has 2 rings (SSSR count). The Bertz CT molecular complexity index is 724. The van der Waals surface area contributed by atoms with Gasteiger partial charge < -0.3 is 9.72 Å². The summed E-state index contributed by atoms with van der Waals surface area (Å²) >= 11 is 5.87. The standard InChI is InChI=1S/C14H12ClN3O4/c15-10-3-1-2-4-11(10)22-8-13(20)17-18-14(21)9-5-6-12(19)16-7-9/h1-7H,8H2,(H,16,19)(H,17,20)(H,18,21). The molecule has 0 radical (unpaired) electrons. The monoisotopic (exact) mass is 321 g/mol. The van der Waals surface area contributed by atoms with Crippen molar-refractivity contribution in [3.8, 4) is 5.75 Å². The number of aromatic nitrogens is 1. The molecule has 0 saturated carbocycles. The lowest BCUT2D eigenvalue weighted by molar-refractivity contribution is -0.123. The topological polar surface area (TPSA) is 100 Å². The molecule has 8 heteroatoms. The average Bonchev–Trinajstić information content (AvgIpc) is 2.52. The molecule has 1 heterocycles. The number of hydrogen-bond acceptors (Lipinski definition) is 4. The van der Waals surface area contributed by atoms with Crippen LogP contribution in [0, 0.1) is 0 Å². The first kappa shape index (κ1) is 15.6. The van der Waals surface area contributed by atoms with Gasteiger partial charge >= 0.3 is 0 Å². The molecule has 2 amide bonds. The van der Waals surface area contributed by atoms with Gasteiger partial charge in [-0.3, -0.25) is 25.2 Å².